The van der Waals surface area contributed by atoms with Gasteiger partial charge in [0.15, 0.2) is 0 Å². The molecule has 126 valence electrons. The predicted molar refractivity (Wildman–Crippen MR) is 88.9 cm³/mol. The highest BCUT2D eigenvalue weighted by Gasteiger charge is 2.22. The Labute approximate surface area is 136 Å². The van der Waals surface area contributed by atoms with Gasteiger partial charge in [0, 0.05) is 44.6 Å². The highest BCUT2D eigenvalue weighted by molar-refractivity contribution is 5.77. The fourth-order valence-corrected chi connectivity index (χ4v) is 2.71. The van der Waals surface area contributed by atoms with Crippen molar-refractivity contribution in [3.8, 4) is 5.75 Å². The third-order valence-corrected chi connectivity index (χ3v) is 3.68. The molecule has 0 aliphatic carbocycles. The molecule has 1 saturated heterocycles. The molecular formula is C17H24N2O4. The van der Waals surface area contributed by atoms with Crippen molar-refractivity contribution < 1.29 is 19.1 Å². The normalized spacial score (nSPS) is 15.4. The predicted octanol–water partition coefficient (Wildman–Crippen LogP) is 2.57. The zero-order valence-electron chi connectivity index (χ0n) is 13.9. The zero-order valence-corrected chi connectivity index (χ0v) is 13.9. The number of hydrogen-bond acceptors (Lipinski definition) is 5. The van der Waals surface area contributed by atoms with Gasteiger partial charge in [0.05, 0.1) is 11.8 Å². The van der Waals surface area contributed by atoms with Gasteiger partial charge in [-0.3, -0.25) is 9.59 Å². The molecule has 23 heavy (non-hydrogen) atoms. The van der Waals surface area contributed by atoms with E-state index in [0.717, 1.165) is 31.6 Å². The molecular weight excluding hydrogens is 296 g/mol. The minimum absolute atomic E-state index is 0.00568. The number of benzene rings is 1. The van der Waals surface area contributed by atoms with E-state index in [-0.39, 0.29) is 18.2 Å². The molecule has 1 amide bonds. The summed E-state index contributed by atoms with van der Waals surface area (Å²) in [6, 6.07) is 5.75. The number of rotatable bonds is 6. The van der Waals surface area contributed by atoms with Crippen molar-refractivity contribution in [1.82, 2.24) is 0 Å². The van der Waals surface area contributed by atoms with E-state index in [2.05, 4.69) is 10.2 Å². The average molecular weight is 320 g/mol. The van der Waals surface area contributed by atoms with E-state index >= 15 is 0 Å². The van der Waals surface area contributed by atoms with E-state index in [1.807, 2.05) is 32.0 Å². The first-order valence-corrected chi connectivity index (χ1v) is 7.92. The van der Waals surface area contributed by atoms with Crippen LogP contribution in [0.3, 0.4) is 0 Å². The van der Waals surface area contributed by atoms with E-state index < -0.39 is 0 Å². The van der Waals surface area contributed by atoms with Crippen LogP contribution in [0, 0.1) is 0 Å². The molecule has 1 aromatic rings. The second-order valence-corrected chi connectivity index (χ2v) is 5.91. The molecule has 0 atom stereocenters. The third kappa shape index (κ3) is 4.87. The van der Waals surface area contributed by atoms with E-state index in [0.29, 0.717) is 17.8 Å². The van der Waals surface area contributed by atoms with Crippen LogP contribution in [0.2, 0.25) is 0 Å². The SMILES string of the molecule is CC(=O)OC1CCN(c2ccc(NC=O)c(OC(C)C)c2)CC1. The molecule has 1 fully saturated rings. The number of esters is 1. The summed E-state index contributed by atoms with van der Waals surface area (Å²) in [5.74, 6) is 0.437. The van der Waals surface area contributed by atoms with Crippen molar-refractivity contribution in [2.75, 3.05) is 23.3 Å². The molecule has 0 bridgehead atoms. The van der Waals surface area contributed by atoms with Crippen molar-refractivity contribution >= 4 is 23.8 Å². The van der Waals surface area contributed by atoms with Crippen LogP contribution in [0.1, 0.15) is 33.6 Å². The summed E-state index contributed by atoms with van der Waals surface area (Å²) < 4.78 is 11.0. The molecule has 0 radical (unpaired) electrons. The number of amides is 1. The highest BCUT2D eigenvalue weighted by Crippen LogP contribution is 2.32. The van der Waals surface area contributed by atoms with Crippen LogP contribution >= 0.6 is 0 Å². The number of nitrogens with one attached hydrogen (secondary N) is 1. The quantitative estimate of drug-likeness (QED) is 0.644. The standard InChI is InChI=1S/C17H24N2O4/c1-12(2)22-17-10-14(4-5-16(17)18-11-20)19-8-6-15(7-9-19)23-13(3)21/h4-5,10-12,15H,6-9H2,1-3H3,(H,18,20). The number of hydrogen-bond donors (Lipinski definition) is 1. The lowest BCUT2D eigenvalue weighted by Crippen LogP contribution is -2.37. The summed E-state index contributed by atoms with van der Waals surface area (Å²) in [4.78, 5) is 24.0. The average Bonchev–Trinajstić information content (AvgIpc) is 2.49. The Kier molecular flexibility index (Phi) is 5.84. The zero-order chi connectivity index (χ0) is 16.8. The van der Waals surface area contributed by atoms with Crippen molar-refractivity contribution in [3.05, 3.63) is 18.2 Å². The lowest BCUT2D eigenvalue weighted by atomic mass is 10.1. The van der Waals surface area contributed by atoms with Gasteiger partial charge < -0.3 is 19.7 Å². The minimum atomic E-state index is -0.222. The maximum absolute atomic E-state index is 11.0. The Balaban J connectivity index is 2.08. The molecule has 1 heterocycles. The number of piperidine rings is 1. The Morgan fingerprint density at radius 3 is 2.61 bits per heavy atom. The Hall–Kier alpha value is -2.24. The lowest BCUT2D eigenvalue weighted by Gasteiger charge is -2.33. The number of anilines is 2. The summed E-state index contributed by atoms with van der Waals surface area (Å²) >= 11 is 0. The Bertz CT molecular complexity index is 552. The number of ether oxygens (including phenoxy) is 2. The fraction of sp³-hybridized carbons (Fsp3) is 0.529. The lowest BCUT2D eigenvalue weighted by molar-refractivity contribution is -0.147. The molecule has 1 aliphatic heterocycles. The van der Waals surface area contributed by atoms with Gasteiger partial charge >= 0.3 is 5.97 Å². The summed E-state index contributed by atoms with van der Waals surface area (Å²) in [6.07, 6.45) is 2.30. The van der Waals surface area contributed by atoms with Crippen LogP contribution in [0.25, 0.3) is 0 Å². The van der Waals surface area contributed by atoms with E-state index in [1.165, 1.54) is 6.92 Å². The molecule has 6 nitrogen and oxygen atoms in total. The minimum Gasteiger partial charge on any atom is -0.489 e. The molecule has 0 saturated carbocycles. The van der Waals surface area contributed by atoms with Crippen molar-refractivity contribution in [2.45, 2.75) is 45.8 Å². The Morgan fingerprint density at radius 2 is 2.04 bits per heavy atom. The van der Waals surface area contributed by atoms with Gasteiger partial charge in [-0.05, 0) is 26.0 Å². The second kappa shape index (κ2) is 7.85. The molecule has 0 aromatic heterocycles. The van der Waals surface area contributed by atoms with Crippen LogP contribution in [0.4, 0.5) is 11.4 Å². The number of carbonyl (C=O) groups excluding carboxylic acids is 2. The molecule has 1 aromatic carbocycles. The van der Waals surface area contributed by atoms with Crippen LogP contribution in [-0.2, 0) is 14.3 Å². The smallest absolute Gasteiger partial charge is 0.302 e. The third-order valence-electron chi connectivity index (χ3n) is 3.68. The van der Waals surface area contributed by atoms with Gasteiger partial charge in [-0.1, -0.05) is 0 Å². The van der Waals surface area contributed by atoms with Crippen LogP contribution < -0.4 is 15.0 Å². The molecule has 1 N–H and O–H groups in total. The summed E-state index contributed by atoms with van der Waals surface area (Å²) in [5.41, 5.74) is 1.70. The van der Waals surface area contributed by atoms with Crippen LogP contribution in [0.15, 0.2) is 18.2 Å². The maximum atomic E-state index is 11.0. The largest absolute Gasteiger partial charge is 0.489 e. The maximum Gasteiger partial charge on any atom is 0.302 e. The van der Waals surface area contributed by atoms with Gasteiger partial charge in [-0.25, -0.2) is 0 Å². The molecule has 6 heteroatoms. The van der Waals surface area contributed by atoms with Gasteiger partial charge in [-0.2, -0.15) is 0 Å². The number of carbonyl (C=O) groups is 2. The second-order valence-electron chi connectivity index (χ2n) is 5.91. The van der Waals surface area contributed by atoms with E-state index in [4.69, 9.17) is 9.47 Å². The molecule has 0 unspecified atom stereocenters. The summed E-state index contributed by atoms with van der Waals surface area (Å²) in [7, 11) is 0. The van der Waals surface area contributed by atoms with Crippen molar-refractivity contribution in [2.24, 2.45) is 0 Å². The molecule has 0 spiro atoms. The number of nitrogens with zero attached hydrogens (tertiary/aromatic N) is 1. The van der Waals surface area contributed by atoms with Crippen molar-refractivity contribution in [3.63, 3.8) is 0 Å². The molecule has 1 aliphatic rings. The summed E-state index contributed by atoms with van der Waals surface area (Å²) in [6.45, 7) is 6.98. The van der Waals surface area contributed by atoms with Gasteiger partial charge in [0.1, 0.15) is 11.9 Å². The first-order chi connectivity index (χ1) is 11.0. The van der Waals surface area contributed by atoms with Gasteiger partial charge in [0.25, 0.3) is 0 Å². The van der Waals surface area contributed by atoms with Crippen LogP contribution in [0.5, 0.6) is 5.75 Å². The molecule has 2 rings (SSSR count). The monoisotopic (exact) mass is 320 g/mol. The van der Waals surface area contributed by atoms with E-state index in [1.54, 1.807) is 0 Å². The van der Waals surface area contributed by atoms with Crippen LogP contribution in [-0.4, -0.2) is 37.7 Å². The highest BCUT2D eigenvalue weighted by atomic mass is 16.5. The first kappa shape index (κ1) is 17.1. The van der Waals surface area contributed by atoms with Crippen molar-refractivity contribution in [1.29, 1.82) is 0 Å². The fourth-order valence-electron chi connectivity index (χ4n) is 2.71. The van der Waals surface area contributed by atoms with E-state index in [9.17, 15) is 9.59 Å². The first-order valence-electron chi connectivity index (χ1n) is 7.92. The topological polar surface area (TPSA) is 67.9 Å². The summed E-state index contributed by atoms with van der Waals surface area (Å²) in [5, 5.41) is 2.66. The van der Waals surface area contributed by atoms with Gasteiger partial charge in [0.2, 0.25) is 6.41 Å². The Morgan fingerprint density at radius 1 is 1.35 bits per heavy atom. The van der Waals surface area contributed by atoms with Gasteiger partial charge in [-0.15, -0.1) is 0 Å².